The summed E-state index contributed by atoms with van der Waals surface area (Å²) >= 11 is 0. The minimum absolute atomic E-state index is 0.940. The molecule has 0 fully saturated rings. The molecule has 0 radical (unpaired) electrons. The van der Waals surface area contributed by atoms with Crippen LogP contribution in [-0.4, -0.2) is 15.7 Å². The Hall–Kier alpha value is -2.00. The molecule has 20 heavy (non-hydrogen) atoms. The standard InChI is InChI=1S/C17H21N3/c1-19-11-4-7-16(19)14-18-10-5-12-20-13-9-15-6-2-3-8-17(15)20/h2-4,6-9,11,13,18H,5,10,12,14H2,1H3. The molecule has 1 N–H and O–H groups in total. The lowest BCUT2D eigenvalue weighted by molar-refractivity contribution is 0.579. The van der Waals surface area contributed by atoms with E-state index in [1.807, 2.05) is 0 Å². The van der Waals surface area contributed by atoms with Gasteiger partial charge in [-0.25, -0.2) is 0 Å². The van der Waals surface area contributed by atoms with Crippen molar-refractivity contribution in [2.75, 3.05) is 6.54 Å². The van der Waals surface area contributed by atoms with Gasteiger partial charge in [0.2, 0.25) is 0 Å². The van der Waals surface area contributed by atoms with E-state index < -0.39 is 0 Å². The van der Waals surface area contributed by atoms with Crippen molar-refractivity contribution in [2.24, 2.45) is 7.05 Å². The van der Waals surface area contributed by atoms with Gasteiger partial charge in [-0.1, -0.05) is 18.2 Å². The molecule has 0 aliphatic heterocycles. The molecule has 0 saturated carbocycles. The molecule has 2 heterocycles. The summed E-state index contributed by atoms with van der Waals surface area (Å²) in [6.45, 7) is 3.04. The number of nitrogens with one attached hydrogen (secondary N) is 1. The minimum Gasteiger partial charge on any atom is -0.353 e. The first kappa shape index (κ1) is 13.0. The van der Waals surface area contributed by atoms with Gasteiger partial charge < -0.3 is 14.5 Å². The van der Waals surface area contributed by atoms with E-state index in [2.05, 4.69) is 76.4 Å². The third kappa shape index (κ3) is 2.78. The molecule has 1 aromatic carbocycles. The van der Waals surface area contributed by atoms with Gasteiger partial charge in [-0.05, 0) is 42.6 Å². The van der Waals surface area contributed by atoms with Crippen molar-refractivity contribution in [1.82, 2.24) is 14.5 Å². The number of benzene rings is 1. The van der Waals surface area contributed by atoms with Crippen LogP contribution in [0, 0.1) is 0 Å². The van der Waals surface area contributed by atoms with Crippen LogP contribution in [0.25, 0.3) is 10.9 Å². The molecule has 0 aliphatic rings. The molecule has 2 aromatic heterocycles. The molecule has 3 rings (SSSR count). The van der Waals surface area contributed by atoms with Gasteiger partial charge in [0.1, 0.15) is 0 Å². The Kier molecular flexibility index (Phi) is 3.88. The second-order valence-electron chi connectivity index (χ2n) is 5.21. The third-order valence-electron chi connectivity index (χ3n) is 3.79. The number of nitrogens with zero attached hydrogens (tertiary/aromatic N) is 2. The maximum atomic E-state index is 3.50. The summed E-state index contributed by atoms with van der Waals surface area (Å²) in [6, 6.07) is 15.0. The van der Waals surface area contributed by atoms with Gasteiger partial charge in [0.05, 0.1) is 0 Å². The molecule has 3 nitrogen and oxygen atoms in total. The highest BCUT2D eigenvalue weighted by atomic mass is 15.0. The number of rotatable bonds is 6. The maximum Gasteiger partial charge on any atom is 0.0480 e. The molecule has 0 atom stereocenters. The lowest BCUT2D eigenvalue weighted by Gasteiger charge is -2.08. The van der Waals surface area contributed by atoms with Gasteiger partial charge in [0.15, 0.2) is 0 Å². The highest BCUT2D eigenvalue weighted by Crippen LogP contribution is 2.15. The molecule has 3 aromatic rings. The SMILES string of the molecule is Cn1cccc1CNCCCn1ccc2ccccc21. The molecule has 0 spiro atoms. The second-order valence-corrected chi connectivity index (χ2v) is 5.21. The van der Waals surface area contributed by atoms with Gasteiger partial charge in [-0.2, -0.15) is 0 Å². The molecule has 0 bridgehead atoms. The summed E-state index contributed by atoms with van der Waals surface area (Å²) in [6.07, 6.45) is 5.41. The lowest BCUT2D eigenvalue weighted by atomic mass is 10.2. The highest BCUT2D eigenvalue weighted by Gasteiger charge is 2.00. The first-order chi connectivity index (χ1) is 9.84. The van der Waals surface area contributed by atoms with Crippen LogP contribution in [0.5, 0.6) is 0 Å². The smallest absolute Gasteiger partial charge is 0.0480 e. The zero-order valence-electron chi connectivity index (χ0n) is 11.9. The predicted octanol–water partition coefficient (Wildman–Crippen LogP) is 3.16. The molecule has 104 valence electrons. The van der Waals surface area contributed by atoms with Crippen molar-refractivity contribution in [2.45, 2.75) is 19.5 Å². The highest BCUT2D eigenvalue weighted by molar-refractivity contribution is 5.79. The monoisotopic (exact) mass is 267 g/mol. The number of aryl methyl sites for hydroxylation is 2. The first-order valence-electron chi connectivity index (χ1n) is 7.19. The van der Waals surface area contributed by atoms with Crippen LogP contribution < -0.4 is 5.32 Å². The minimum atomic E-state index is 0.940. The maximum absolute atomic E-state index is 3.50. The molecular weight excluding hydrogens is 246 g/mol. The van der Waals surface area contributed by atoms with Crippen molar-refractivity contribution in [1.29, 1.82) is 0 Å². The number of hydrogen-bond acceptors (Lipinski definition) is 1. The summed E-state index contributed by atoms with van der Waals surface area (Å²) in [4.78, 5) is 0. The van der Waals surface area contributed by atoms with Crippen molar-refractivity contribution in [3.05, 3.63) is 60.6 Å². The van der Waals surface area contributed by atoms with Crippen molar-refractivity contribution in [3.63, 3.8) is 0 Å². The van der Waals surface area contributed by atoms with Crippen LogP contribution in [0.1, 0.15) is 12.1 Å². The van der Waals surface area contributed by atoms with Crippen LogP contribution in [0.4, 0.5) is 0 Å². The first-order valence-corrected chi connectivity index (χ1v) is 7.19. The summed E-state index contributed by atoms with van der Waals surface area (Å²) in [5.41, 5.74) is 2.66. The Labute approximate surface area is 119 Å². The van der Waals surface area contributed by atoms with E-state index in [4.69, 9.17) is 0 Å². The molecule has 3 heteroatoms. The van der Waals surface area contributed by atoms with Gasteiger partial charge in [-0.15, -0.1) is 0 Å². The van der Waals surface area contributed by atoms with Crippen LogP contribution >= 0.6 is 0 Å². The largest absolute Gasteiger partial charge is 0.353 e. The summed E-state index contributed by atoms with van der Waals surface area (Å²) in [7, 11) is 2.09. The van der Waals surface area contributed by atoms with Gasteiger partial charge in [0, 0.05) is 43.7 Å². The quantitative estimate of drug-likeness (QED) is 0.681. The van der Waals surface area contributed by atoms with Crippen molar-refractivity contribution < 1.29 is 0 Å². The van der Waals surface area contributed by atoms with Crippen molar-refractivity contribution >= 4 is 10.9 Å². The van der Waals surface area contributed by atoms with E-state index in [0.29, 0.717) is 0 Å². The molecular formula is C17H21N3. The fourth-order valence-corrected chi connectivity index (χ4v) is 2.61. The normalized spacial score (nSPS) is 11.2. The van der Waals surface area contributed by atoms with Gasteiger partial charge >= 0.3 is 0 Å². The van der Waals surface area contributed by atoms with Gasteiger partial charge in [0.25, 0.3) is 0 Å². The Morgan fingerprint density at radius 1 is 1.00 bits per heavy atom. The third-order valence-corrected chi connectivity index (χ3v) is 3.79. The average Bonchev–Trinajstić information content (AvgIpc) is 3.06. The van der Waals surface area contributed by atoms with Gasteiger partial charge in [-0.3, -0.25) is 0 Å². The molecule has 0 unspecified atom stereocenters. The molecule has 0 amide bonds. The number of fused-ring (bicyclic) bond motifs is 1. The van der Waals surface area contributed by atoms with E-state index in [-0.39, 0.29) is 0 Å². The zero-order chi connectivity index (χ0) is 13.8. The van der Waals surface area contributed by atoms with Crippen LogP contribution in [0.3, 0.4) is 0 Å². The second kappa shape index (κ2) is 5.97. The van der Waals surface area contributed by atoms with Crippen molar-refractivity contribution in [3.8, 4) is 0 Å². The number of para-hydroxylation sites is 1. The number of aromatic nitrogens is 2. The Bertz CT molecular complexity index is 678. The fraction of sp³-hybridized carbons (Fsp3) is 0.294. The topological polar surface area (TPSA) is 21.9 Å². The predicted molar refractivity (Wildman–Crippen MR) is 83.7 cm³/mol. The van der Waals surface area contributed by atoms with E-state index in [9.17, 15) is 0 Å². The number of hydrogen-bond donors (Lipinski definition) is 1. The Balaban J connectivity index is 1.47. The Morgan fingerprint density at radius 3 is 2.75 bits per heavy atom. The van der Waals surface area contributed by atoms with Crippen LogP contribution in [-0.2, 0) is 20.1 Å². The summed E-state index contributed by atoms with van der Waals surface area (Å²) in [5, 5.41) is 4.83. The molecule has 0 aliphatic carbocycles. The van der Waals surface area contributed by atoms with E-state index in [1.165, 1.54) is 16.6 Å². The lowest BCUT2D eigenvalue weighted by Crippen LogP contribution is -2.17. The van der Waals surface area contributed by atoms with E-state index >= 15 is 0 Å². The van der Waals surface area contributed by atoms with Crippen LogP contribution in [0.2, 0.25) is 0 Å². The van der Waals surface area contributed by atoms with E-state index in [1.54, 1.807) is 0 Å². The molecule has 0 saturated heterocycles. The average molecular weight is 267 g/mol. The zero-order valence-corrected chi connectivity index (χ0v) is 11.9. The van der Waals surface area contributed by atoms with Crippen LogP contribution in [0.15, 0.2) is 54.9 Å². The van der Waals surface area contributed by atoms with E-state index in [0.717, 1.165) is 26.1 Å². The summed E-state index contributed by atoms with van der Waals surface area (Å²) in [5.74, 6) is 0. The Morgan fingerprint density at radius 2 is 1.90 bits per heavy atom. The summed E-state index contributed by atoms with van der Waals surface area (Å²) < 4.78 is 4.49. The fourth-order valence-electron chi connectivity index (χ4n) is 2.61.